The van der Waals surface area contributed by atoms with Gasteiger partial charge in [-0.3, -0.25) is 4.79 Å². The van der Waals surface area contributed by atoms with Crippen LogP contribution in [-0.2, 0) is 10.5 Å². The number of benzene rings is 2. The molecule has 0 N–H and O–H groups in total. The van der Waals surface area contributed by atoms with E-state index in [0.717, 1.165) is 17.1 Å². The van der Waals surface area contributed by atoms with Crippen LogP contribution in [0.3, 0.4) is 0 Å². The van der Waals surface area contributed by atoms with Crippen molar-refractivity contribution in [2.24, 2.45) is 0 Å². The van der Waals surface area contributed by atoms with E-state index in [1.165, 1.54) is 4.90 Å². The molecule has 0 bridgehead atoms. The first kappa shape index (κ1) is 22.0. The molecule has 0 spiro atoms. The molecule has 1 saturated heterocycles. The number of carbonyl (C=O) groups excluding carboxylic acids is 2. The highest BCUT2D eigenvalue weighted by Crippen LogP contribution is 2.29. The fourth-order valence-corrected chi connectivity index (χ4v) is 4.19. The molecule has 0 unspecified atom stereocenters. The smallest absolute Gasteiger partial charge is 0.409 e. The van der Waals surface area contributed by atoms with E-state index in [9.17, 15) is 9.59 Å². The summed E-state index contributed by atoms with van der Waals surface area (Å²) in [5.74, 6) is 1.51. The summed E-state index contributed by atoms with van der Waals surface area (Å²) >= 11 is 1.71. The minimum absolute atomic E-state index is 0.0208. The number of hydrogen-bond donors (Lipinski definition) is 0. The SMILES string of the molecule is CCOC(=O)N1CCN(C(=O)c2ccc(OCC)c(CSc3ccccc3)c2)CC1. The first-order valence-electron chi connectivity index (χ1n) is 10.3. The minimum atomic E-state index is -0.314. The molecular formula is C23H28N2O4S. The van der Waals surface area contributed by atoms with Crippen molar-refractivity contribution in [2.45, 2.75) is 24.5 Å². The van der Waals surface area contributed by atoms with Gasteiger partial charge in [-0.1, -0.05) is 18.2 Å². The molecule has 2 amide bonds. The highest BCUT2D eigenvalue weighted by Gasteiger charge is 2.26. The number of piperazine rings is 1. The van der Waals surface area contributed by atoms with E-state index in [1.807, 2.05) is 43.3 Å². The van der Waals surface area contributed by atoms with E-state index in [0.29, 0.717) is 45.0 Å². The van der Waals surface area contributed by atoms with Gasteiger partial charge in [-0.25, -0.2) is 4.79 Å². The lowest BCUT2D eigenvalue weighted by molar-refractivity contribution is 0.0570. The Morgan fingerprint density at radius 2 is 1.63 bits per heavy atom. The first-order chi connectivity index (χ1) is 14.6. The van der Waals surface area contributed by atoms with Crippen molar-refractivity contribution >= 4 is 23.8 Å². The Kier molecular flexibility index (Phi) is 8.02. The zero-order chi connectivity index (χ0) is 21.3. The first-order valence-corrected chi connectivity index (χ1v) is 11.3. The summed E-state index contributed by atoms with van der Waals surface area (Å²) in [7, 11) is 0. The summed E-state index contributed by atoms with van der Waals surface area (Å²) in [6.45, 7) is 6.64. The normalized spacial score (nSPS) is 13.8. The maximum absolute atomic E-state index is 13.0. The number of thioether (sulfide) groups is 1. The standard InChI is InChI=1S/C23H28N2O4S/c1-3-28-21-11-10-18(16-19(21)17-30-20-8-6-5-7-9-20)22(26)24-12-14-25(15-13-24)23(27)29-4-2/h5-11,16H,3-4,12-15,17H2,1-2H3. The summed E-state index contributed by atoms with van der Waals surface area (Å²) in [4.78, 5) is 29.5. The predicted molar refractivity (Wildman–Crippen MR) is 118 cm³/mol. The number of amides is 2. The van der Waals surface area contributed by atoms with Crippen LogP contribution in [0.4, 0.5) is 4.79 Å². The molecular weight excluding hydrogens is 400 g/mol. The Morgan fingerprint density at radius 3 is 2.30 bits per heavy atom. The zero-order valence-corrected chi connectivity index (χ0v) is 18.3. The third kappa shape index (κ3) is 5.69. The fraction of sp³-hybridized carbons (Fsp3) is 0.391. The van der Waals surface area contributed by atoms with Gasteiger partial charge in [0.05, 0.1) is 13.2 Å². The lowest BCUT2D eigenvalue weighted by Crippen LogP contribution is -2.50. The van der Waals surface area contributed by atoms with Gasteiger partial charge in [0.2, 0.25) is 0 Å². The van der Waals surface area contributed by atoms with Crippen molar-refractivity contribution in [1.82, 2.24) is 9.80 Å². The Bertz CT molecular complexity index is 852. The van der Waals surface area contributed by atoms with Crippen molar-refractivity contribution in [3.8, 4) is 5.75 Å². The quantitative estimate of drug-likeness (QED) is 0.616. The number of rotatable bonds is 7. The fourth-order valence-electron chi connectivity index (χ4n) is 3.29. The molecule has 1 aliphatic heterocycles. The van der Waals surface area contributed by atoms with Gasteiger partial charge in [0.15, 0.2) is 0 Å². The maximum atomic E-state index is 13.0. The average Bonchev–Trinajstić information content (AvgIpc) is 2.79. The van der Waals surface area contributed by atoms with Crippen LogP contribution < -0.4 is 4.74 Å². The lowest BCUT2D eigenvalue weighted by Gasteiger charge is -2.34. The van der Waals surface area contributed by atoms with Gasteiger partial charge in [0.25, 0.3) is 5.91 Å². The average molecular weight is 429 g/mol. The second kappa shape index (κ2) is 10.9. The van der Waals surface area contributed by atoms with E-state index in [1.54, 1.807) is 28.5 Å². The van der Waals surface area contributed by atoms with E-state index < -0.39 is 0 Å². The van der Waals surface area contributed by atoms with Crippen LogP contribution in [0, 0.1) is 0 Å². The van der Waals surface area contributed by atoms with Gasteiger partial charge >= 0.3 is 6.09 Å². The molecule has 0 atom stereocenters. The molecule has 1 heterocycles. The molecule has 6 nitrogen and oxygen atoms in total. The van der Waals surface area contributed by atoms with E-state index in [4.69, 9.17) is 9.47 Å². The molecule has 3 rings (SSSR count). The Balaban J connectivity index is 1.68. The summed E-state index contributed by atoms with van der Waals surface area (Å²) in [6.07, 6.45) is -0.314. The van der Waals surface area contributed by atoms with Crippen LogP contribution in [0.2, 0.25) is 0 Å². The largest absolute Gasteiger partial charge is 0.494 e. The Morgan fingerprint density at radius 1 is 0.933 bits per heavy atom. The molecule has 0 radical (unpaired) electrons. The van der Waals surface area contributed by atoms with E-state index in [2.05, 4.69) is 12.1 Å². The molecule has 2 aromatic rings. The number of ether oxygens (including phenoxy) is 2. The topological polar surface area (TPSA) is 59.1 Å². The minimum Gasteiger partial charge on any atom is -0.494 e. The molecule has 2 aromatic carbocycles. The molecule has 30 heavy (non-hydrogen) atoms. The van der Waals surface area contributed by atoms with Gasteiger partial charge in [0.1, 0.15) is 5.75 Å². The highest BCUT2D eigenvalue weighted by atomic mass is 32.2. The predicted octanol–water partition coefficient (Wildman–Crippen LogP) is 4.29. The number of carbonyl (C=O) groups is 2. The Hall–Kier alpha value is -2.67. The van der Waals surface area contributed by atoms with E-state index >= 15 is 0 Å². The third-order valence-corrected chi connectivity index (χ3v) is 5.90. The van der Waals surface area contributed by atoms with Crippen LogP contribution in [0.1, 0.15) is 29.8 Å². The second-order valence-corrected chi connectivity index (χ2v) is 7.88. The maximum Gasteiger partial charge on any atom is 0.409 e. The highest BCUT2D eigenvalue weighted by molar-refractivity contribution is 7.98. The molecule has 1 aliphatic rings. The van der Waals surface area contributed by atoms with Gasteiger partial charge in [-0.2, -0.15) is 0 Å². The Labute approximate surface area is 182 Å². The summed E-state index contributed by atoms with van der Waals surface area (Å²) in [6, 6.07) is 15.8. The second-order valence-electron chi connectivity index (χ2n) is 6.84. The van der Waals surface area contributed by atoms with Crippen molar-refractivity contribution in [1.29, 1.82) is 0 Å². The molecule has 0 aromatic heterocycles. The monoisotopic (exact) mass is 428 g/mol. The molecule has 1 fully saturated rings. The van der Waals surface area contributed by atoms with Crippen molar-refractivity contribution < 1.29 is 19.1 Å². The van der Waals surface area contributed by atoms with Crippen molar-refractivity contribution in [2.75, 3.05) is 39.4 Å². The van der Waals surface area contributed by atoms with Crippen LogP contribution in [0.25, 0.3) is 0 Å². The van der Waals surface area contributed by atoms with Crippen molar-refractivity contribution in [3.63, 3.8) is 0 Å². The lowest BCUT2D eigenvalue weighted by atomic mass is 10.1. The molecule has 7 heteroatoms. The van der Waals surface area contributed by atoms with Gasteiger partial charge in [-0.15, -0.1) is 11.8 Å². The number of hydrogen-bond acceptors (Lipinski definition) is 5. The van der Waals surface area contributed by atoms with Crippen LogP contribution in [0.5, 0.6) is 5.75 Å². The van der Waals surface area contributed by atoms with Gasteiger partial charge in [0, 0.05) is 48.0 Å². The van der Waals surface area contributed by atoms with Gasteiger partial charge in [-0.05, 0) is 44.2 Å². The zero-order valence-electron chi connectivity index (χ0n) is 17.5. The molecule has 0 saturated carbocycles. The van der Waals surface area contributed by atoms with Crippen LogP contribution >= 0.6 is 11.8 Å². The summed E-state index contributed by atoms with van der Waals surface area (Å²) in [5, 5.41) is 0. The number of nitrogens with zero attached hydrogens (tertiary/aromatic N) is 2. The summed E-state index contributed by atoms with van der Waals surface area (Å²) < 4.78 is 10.8. The van der Waals surface area contributed by atoms with Crippen LogP contribution in [0.15, 0.2) is 53.4 Å². The molecule has 160 valence electrons. The molecule has 0 aliphatic carbocycles. The summed E-state index contributed by atoms with van der Waals surface area (Å²) in [5.41, 5.74) is 1.65. The van der Waals surface area contributed by atoms with Gasteiger partial charge < -0.3 is 19.3 Å². The van der Waals surface area contributed by atoms with E-state index in [-0.39, 0.29) is 12.0 Å². The third-order valence-electron chi connectivity index (χ3n) is 4.84. The van der Waals surface area contributed by atoms with Crippen LogP contribution in [-0.4, -0.2) is 61.2 Å². The van der Waals surface area contributed by atoms with Crippen molar-refractivity contribution in [3.05, 3.63) is 59.7 Å².